The van der Waals surface area contributed by atoms with Crippen LogP contribution >= 0.6 is 37.2 Å². The number of methoxy groups -OCH3 is 1. The van der Waals surface area contributed by atoms with Crippen LogP contribution in [0.3, 0.4) is 0 Å². The van der Waals surface area contributed by atoms with Gasteiger partial charge >= 0.3 is 5.97 Å². The maximum absolute atomic E-state index is 11.8. The first-order valence-corrected chi connectivity index (χ1v) is 11.9. The fraction of sp³-hybridized carbons (Fsp3) is 0.231. The zero-order chi connectivity index (χ0) is 14.8. The summed E-state index contributed by atoms with van der Waals surface area (Å²) >= 11 is 4.24. The van der Waals surface area contributed by atoms with Gasteiger partial charge in [0.15, 0.2) is 0 Å². The summed E-state index contributed by atoms with van der Waals surface area (Å²) in [7, 11) is 1.25. The molecule has 2 rings (SSSR count). The second kappa shape index (κ2) is 10.2. The predicted octanol–water partition coefficient (Wildman–Crippen LogP) is 4.11. The van der Waals surface area contributed by atoms with Crippen LogP contribution in [0.1, 0.15) is 24.2 Å². The Hall–Kier alpha value is -0.640. The second-order valence-corrected chi connectivity index (χ2v) is 3.07. The topological polar surface area (TPSA) is 59.2 Å². The number of fused-ring (bicyclic) bond motifs is 1. The van der Waals surface area contributed by atoms with Crippen LogP contribution in [0.5, 0.6) is 0 Å². The quantitative estimate of drug-likeness (QED) is 0.487. The molecule has 0 aliphatic heterocycles. The lowest BCUT2D eigenvalue weighted by molar-refractivity contribution is 0.0599. The molecule has 1 N–H and O–H groups in total. The molecular formula is C13H15I2NO3. The summed E-state index contributed by atoms with van der Waals surface area (Å²) in [4.78, 5) is 25.9. The molecule has 0 saturated carbocycles. The van der Waals surface area contributed by atoms with E-state index in [1.54, 1.807) is 18.2 Å². The van der Waals surface area contributed by atoms with Crippen molar-refractivity contribution in [3.63, 3.8) is 0 Å². The maximum atomic E-state index is 11.8. The van der Waals surface area contributed by atoms with Crippen LogP contribution in [0.4, 0.5) is 0 Å². The van der Waals surface area contributed by atoms with E-state index < -0.39 is 5.97 Å². The van der Waals surface area contributed by atoms with Gasteiger partial charge in [-0.05, 0) is 12.1 Å². The number of benzene rings is 1. The number of nitrogens with one attached hydrogen (secondary N) is 1. The monoisotopic (exact) mass is 487 g/mol. The smallest absolute Gasteiger partial charge is 0.343 e. The largest absolute Gasteiger partial charge is 0.465 e. The predicted molar refractivity (Wildman–Crippen MR) is 95.3 cm³/mol. The van der Waals surface area contributed by atoms with Gasteiger partial charge in [0.2, 0.25) is 5.43 Å². The van der Waals surface area contributed by atoms with E-state index in [4.69, 9.17) is 0 Å². The highest BCUT2D eigenvalue weighted by Crippen LogP contribution is 2.07. The van der Waals surface area contributed by atoms with Gasteiger partial charge in [0.05, 0.1) is 7.11 Å². The number of aromatic amines is 1. The number of carbonyl (C=O) groups is 1. The summed E-state index contributed by atoms with van der Waals surface area (Å²) in [6, 6.07) is 7.01. The van der Waals surface area contributed by atoms with Crippen LogP contribution in [0.15, 0.2) is 35.3 Å². The van der Waals surface area contributed by atoms with Crippen LogP contribution in [-0.4, -0.2) is 18.1 Å². The lowest BCUT2D eigenvalue weighted by Gasteiger charge is -2.00. The number of hydrogen-bond acceptors (Lipinski definition) is 3. The average Bonchev–Trinajstić information content (AvgIpc) is 2.51. The minimum Gasteiger partial charge on any atom is -0.465 e. The van der Waals surface area contributed by atoms with Crippen molar-refractivity contribution in [3.05, 3.63) is 46.2 Å². The molecule has 0 aliphatic rings. The van der Waals surface area contributed by atoms with Crippen molar-refractivity contribution in [1.29, 1.82) is 0 Å². The highest BCUT2D eigenvalue weighted by atomic mass is 128. The van der Waals surface area contributed by atoms with Crippen molar-refractivity contribution in [2.75, 3.05) is 7.11 Å². The van der Waals surface area contributed by atoms with Crippen LogP contribution in [0, 0.1) is 0 Å². The molecular weight excluding hydrogens is 472 g/mol. The van der Waals surface area contributed by atoms with Gasteiger partial charge < -0.3 is 9.72 Å². The summed E-state index contributed by atoms with van der Waals surface area (Å²) in [5.41, 5.74) is 0.419. The minimum atomic E-state index is -0.623. The molecule has 1 heterocycles. The van der Waals surface area contributed by atoms with Gasteiger partial charge in [0.25, 0.3) is 0 Å². The molecule has 0 fully saturated rings. The number of ether oxygens (including phenoxy) is 1. The van der Waals surface area contributed by atoms with E-state index in [0.717, 1.165) is 0 Å². The molecule has 1 aromatic heterocycles. The molecule has 0 spiro atoms. The molecule has 2 aromatic rings. The number of aromatic nitrogens is 1. The van der Waals surface area contributed by atoms with Crippen molar-refractivity contribution in [3.8, 4) is 0 Å². The minimum absolute atomic E-state index is 0.0243. The molecule has 6 heteroatoms. The average molecular weight is 487 g/mol. The molecule has 0 aliphatic carbocycles. The van der Waals surface area contributed by atoms with Gasteiger partial charge in [-0.1, -0.05) is 26.0 Å². The number of esters is 1. The van der Waals surface area contributed by atoms with Gasteiger partial charge in [-0.3, -0.25) is 4.79 Å². The first-order valence-electron chi connectivity index (χ1n) is 5.57. The van der Waals surface area contributed by atoms with E-state index in [1.165, 1.54) is 13.3 Å². The number of H-pyrrole nitrogens is 1. The van der Waals surface area contributed by atoms with Crippen molar-refractivity contribution in [2.24, 2.45) is 0 Å². The van der Waals surface area contributed by atoms with Crippen LogP contribution in [0.2, 0.25) is 0 Å². The molecule has 1 aromatic carbocycles. The van der Waals surface area contributed by atoms with E-state index in [0.29, 0.717) is 10.9 Å². The number of halogens is 2. The fourth-order valence-electron chi connectivity index (χ4n) is 1.43. The standard InChI is InChI=1S/C11H9NO3.C2H6.I2/c1-15-11(14)8-6-12-9-5-3-2-4-7(9)10(8)13;2*1-2/h2-6H,1H3,(H,12,13);1-2H3;. The van der Waals surface area contributed by atoms with Gasteiger partial charge in [-0.25, -0.2) is 4.79 Å². The molecule has 19 heavy (non-hydrogen) atoms. The fourth-order valence-corrected chi connectivity index (χ4v) is 1.43. The highest BCUT2D eigenvalue weighted by Gasteiger charge is 2.12. The molecule has 4 nitrogen and oxygen atoms in total. The molecule has 0 bridgehead atoms. The van der Waals surface area contributed by atoms with Gasteiger partial charge in [-0.15, -0.1) is 0 Å². The van der Waals surface area contributed by atoms with Crippen molar-refractivity contribution in [1.82, 2.24) is 4.98 Å². The van der Waals surface area contributed by atoms with E-state index in [2.05, 4.69) is 47.0 Å². The third kappa shape index (κ3) is 4.75. The van der Waals surface area contributed by atoms with Gasteiger partial charge in [0.1, 0.15) is 5.56 Å². The second-order valence-electron chi connectivity index (χ2n) is 3.07. The Kier molecular flexibility index (Phi) is 9.84. The number of rotatable bonds is 1. The number of para-hydroxylation sites is 1. The summed E-state index contributed by atoms with van der Waals surface area (Å²) in [5, 5.41) is 0.486. The normalized spacial score (nSPS) is 8.68. The van der Waals surface area contributed by atoms with E-state index >= 15 is 0 Å². The van der Waals surface area contributed by atoms with Crippen molar-refractivity contribution >= 4 is 54.1 Å². The Morgan fingerprint density at radius 1 is 1.21 bits per heavy atom. The molecule has 0 amide bonds. The van der Waals surface area contributed by atoms with E-state index in [1.807, 2.05) is 19.9 Å². The Balaban J connectivity index is 0.000000741. The third-order valence-electron chi connectivity index (χ3n) is 2.19. The molecule has 0 saturated heterocycles. The molecule has 0 radical (unpaired) electrons. The maximum Gasteiger partial charge on any atom is 0.343 e. The van der Waals surface area contributed by atoms with Crippen molar-refractivity contribution < 1.29 is 9.53 Å². The Morgan fingerprint density at radius 3 is 2.37 bits per heavy atom. The Bertz CT molecular complexity index is 581. The number of hydrogen-bond donors (Lipinski definition) is 1. The first kappa shape index (κ1) is 18.4. The van der Waals surface area contributed by atoms with Crippen LogP contribution in [0.25, 0.3) is 10.9 Å². The summed E-state index contributed by atoms with van der Waals surface area (Å²) in [6.07, 6.45) is 1.37. The Labute approximate surface area is 135 Å². The van der Waals surface area contributed by atoms with E-state index in [-0.39, 0.29) is 11.0 Å². The zero-order valence-corrected chi connectivity index (χ0v) is 15.2. The lowest BCUT2D eigenvalue weighted by atomic mass is 10.1. The lowest BCUT2D eigenvalue weighted by Crippen LogP contribution is -2.16. The number of pyridine rings is 1. The van der Waals surface area contributed by atoms with Crippen LogP contribution < -0.4 is 5.43 Å². The first-order chi connectivity index (χ1) is 9.24. The third-order valence-corrected chi connectivity index (χ3v) is 2.19. The molecule has 0 atom stereocenters. The van der Waals surface area contributed by atoms with Crippen molar-refractivity contribution in [2.45, 2.75) is 13.8 Å². The van der Waals surface area contributed by atoms with Gasteiger partial charge in [-0.2, -0.15) is 0 Å². The van der Waals surface area contributed by atoms with Gasteiger partial charge in [0, 0.05) is 54.3 Å². The molecule has 104 valence electrons. The Morgan fingerprint density at radius 2 is 1.79 bits per heavy atom. The number of carbonyl (C=O) groups excluding carboxylic acids is 1. The van der Waals surface area contributed by atoms with E-state index in [9.17, 15) is 9.59 Å². The molecule has 0 unspecified atom stereocenters. The van der Waals surface area contributed by atoms with Crippen LogP contribution in [-0.2, 0) is 4.74 Å². The zero-order valence-electron chi connectivity index (χ0n) is 10.9. The summed E-state index contributed by atoms with van der Waals surface area (Å²) in [5.74, 6) is -0.623. The summed E-state index contributed by atoms with van der Waals surface area (Å²) < 4.78 is 4.51. The highest BCUT2D eigenvalue weighted by molar-refractivity contribution is 15.0. The summed E-state index contributed by atoms with van der Waals surface area (Å²) in [6.45, 7) is 4.00. The SMILES string of the molecule is CC.COC(=O)c1c[nH]c2ccccc2c1=O.II.